The quantitative estimate of drug-likeness (QED) is 0.867. The van der Waals surface area contributed by atoms with Crippen molar-refractivity contribution >= 4 is 5.97 Å². The number of rotatable bonds is 5. The third-order valence-corrected chi connectivity index (χ3v) is 2.91. The standard InChI is InChI=1S/C14H15N3O3/c1-2-3-6-10-11(14(19)20)13(18)17-12(16-10)9-5-4-7-15-8-9/h4-5,7-8H,2-3,6H2,1H3,(H,19,20)(H,16,17,18). The highest BCUT2D eigenvalue weighted by Gasteiger charge is 2.18. The van der Waals surface area contributed by atoms with Gasteiger partial charge in [0.05, 0.1) is 5.69 Å². The molecule has 0 aliphatic heterocycles. The third-order valence-electron chi connectivity index (χ3n) is 2.91. The molecule has 0 bridgehead atoms. The molecule has 0 spiro atoms. The van der Waals surface area contributed by atoms with Crippen LogP contribution in [0.5, 0.6) is 0 Å². The minimum absolute atomic E-state index is 0.272. The lowest BCUT2D eigenvalue weighted by Crippen LogP contribution is -2.23. The smallest absolute Gasteiger partial charge is 0.343 e. The predicted octanol–water partition coefficient (Wildman–Crippen LogP) is 1.87. The van der Waals surface area contributed by atoms with Crippen molar-refractivity contribution in [1.29, 1.82) is 0 Å². The number of aryl methyl sites for hydroxylation is 1. The van der Waals surface area contributed by atoms with E-state index in [1.54, 1.807) is 24.5 Å². The van der Waals surface area contributed by atoms with Gasteiger partial charge in [0, 0.05) is 18.0 Å². The molecule has 0 atom stereocenters. The Kier molecular flexibility index (Phi) is 4.24. The number of nitrogens with one attached hydrogen (secondary N) is 1. The highest BCUT2D eigenvalue weighted by Crippen LogP contribution is 2.14. The first-order valence-electron chi connectivity index (χ1n) is 6.40. The number of pyridine rings is 1. The number of unbranched alkanes of at least 4 members (excludes halogenated alkanes) is 1. The van der Waals surface area contributed by atoms with Crippen molar-refractivity contribution < 1.29 is 9.90 Å². The number of aromatic amines is 1. The summed E-state index contributed by atoms with van der Waals surface area (Å²) in [7, 11) is 0. The van der Waals surface area contributed by atoms with Gasteiger partial charge in [-0.3, -0.25) is 9.78 Å². The van der Waals surface area contributed by atoms with Gasteiger partial charge in [-0.05, 0) is 25.0 Å². The van der Waals surface area contributed by atoms with E-state index in [9.17, 15) is 9.59 Å². The van der Waals surface area contributed by atoms with Crippen LogP contribution in [0.15, 0.2) is 29.3 Å². The molecular weight excluding hydrogens is 258 g/mol. The highest BCUT2D eigenvalue weighted by atomic mass is 16.4. The van der Waals surface area contributed by atoms with Gasteiger partial charge in [-0.25, -0.2) is 9.78 Å². The Balaban J connectivity index is 2.55. The van der Waals surface area contributed by atoms with Crippen molar-refractivity contribution in [2.75, 3.05) is 0 Å². The number of carboxylic acid groups (broad SMARTS) is 1. The van der Waals surface area contributed by atoms with Crippen molar-refractivity contribution in [2.45, 2.75) is 26.2 Å². The summed E-state index contributed by atoms with van der Waals surface area (Å²) in [4.78, 5) is 33.9. The zero-order valence-corrected chi connectivity index (χ0v) is 11.1. The Morgan fingerprint density at radius 3 is 2.85 bits per heavy atom. The number of hydrogen-bond donors (Lipinski definition) is 2. The Hall–Kier alpha value is -2.50. The van der Waals surface area contributed by atoms with Crippen LogP contribution < -0.4 is 5.56 Å². The summed E-state index contributed by atoms with van der Waals surface area (Å²) >= 11 is 0. The maximum atomic E-state index is 11.9. The zero-order chi connectivity index (χ0) is 14.5. The number of carbonyl (C=O) groups is 1. The molecule has 2 heterocycles. The van der Waals surface area contributed by atoms with Crippen LogP contribution in [0.4, 0.5) is 0 Å². The van der Waals surface area contributed by atoms with Gasteiger partial charge in [0.1, 0.15) is 11.4 Å². The van der Waals surface area contributed by atoms with E-state index in [4.69, 9.17) is 5.11 Å². The van der Waals surface area contributed by atoms with Crippen LogP contribution >= 0.6 is 0 Å². The van der Waals surface area contributed by atoms with Crippen LogP contribution in [-0.4, -0.2) is 26.0 Å². The lowest BCUT2D eigenvalue weighted by molar-refractivity contribution is 0.0693. The molecule has 0 radical (unpaired) electrons. The maximum absolute atomic E-state index is 11.9. The van der Waals surface area contributed by atoms with Gasteiger partial charge in [0.15, 0.2) is 0 Å². The molecule has 0 saturated carbocycles. The number of hydrogen-bond acceptors (Lipinski definition) is 4. The summed E-state index contributed by atoms with van der Waals surface area (Å²) in [5, 5.41) is 9.13. The van der Waals surface area contributed by atoms with Crippen molar-refractivity contribution in [1.82, 2.24) is 15.0 Å². The van der Waals surface area contributed by atoms with Crippen LogP contribution in [0.3, 0.4) is 0 Å². The van der Waals surface area contributed by atoms with Crippen LogP contribution in [0.1, 0.15) is 35.8 Å². The second-order valence-corrected chi connectivity index (χ2v) is 4.39. The Morgan fingerprint density at radius 2 is 2.25 bits per heavy atom. The molecule has 0 saturated heterocycles. The molecule has 0 aliphatic rings. The van der Waals surface area contributed by atoms with Gasteiger partial charge in [-0.15, -0.1) is 0 Å². The number of nitrogens with zero attached hydrogens (tertiary/aromatic N) is 2. The summed E-state index contributed by atoms with van der Waals surface area (Å²) in [6.07, 6.45) is 5.34. The van der Waals surface area contributed by atoms with Crippen LogP contribution in [-0.2, 0) is 6.42 Å². The molecule has 104 valence electrons. The van der Waals surface area contributed by atoms with E-state index in [2.05, 4.69) is 15.0 Å². The summed E-state index contributed by atoms with van der Waals surface area (Å²) in [6.45, 7) is 2.00. The summed E-state index contributed by atoms with van der Waals surface area (Å²) in [6, 6.07) is 3.49. The Labute approximate surface area is 115 Å². The van der Waals surface area contributed by atoms with Crippen LogP contribution in [0.2, 0.25) is 0 Å². The molecule has 0 aliphatic carbocycles. The lowest BCUT2D eigenvalue weighted by atomic mass is 10.1. The SMILES string of the molecule is CCCCc1nc(-c2cccnc2)[nH]c(=O)c1C(=O)O. The Morgan fingerprint density at radius 1 is 1.45 bits per heavy atom. The first-order chi connectivity index (χ1) is 9.63. The average Bonchev–Trinajstić information content (AvgIpc) is 2.45. The largest absolute Gasteiger partial charge is 0.477 e. The monoisotopic (exact) mass is 273 g/mol. The first kappa shape index (κ1) is 13.9. The second-order valence-electron chi connectivity index (χ2n) is 4.39. The van der Waals surface area contributed by atoms with Gasteiger partial charge >= 0.3 is 5.97 Å². The second kappa shape index (κ2) is 6.10. The van der Waals surface area contributed by atoms with Gasteiger partial charge in [-0.1, -0.05) is 13.3 Å². The minimum Gasteiger partial charge on any atom is -0.477 e. The fourth-order valence-corrected chi connectivity index (χ4v) is 1.91. The topological polar surface area (TPSA) is 95.9 Å². The zero-order valence-electron chi connectivity index (χ0n) is 11.1. The van der Waals surface area contributed by atoms with Crippen LogP contribution in [0.25, 0.3) is 11.4 Å². The van der Waals surface area contributed by atoms with Gasteiger partial charge in [0.25, 0.3) is 5.56 Å². The van der Waals surface area contributed by atoms with Gasteiger partial charge < -0.3 is 10.1 Å². The van der Waals surface area contributed by atoms with Crippen molar-refractivity contribution in [2.24, 2.45) is 0 Å². The molecule has 2 rings (SSSR count). The predicted molar refractivity (Wildman–Crippen MR) is 73.7 cm³/mol. The molecule has 2 aromatic rings. The highest BCUT2D eigenvalue weighted by molar-refractivity contribution is 5.88. The molecular formula is C14H15N3O3. The molecule has 6 heteroatoms. The minimum atomic E-state index is -1.25. The van der Waals surface area contributed by atoms with E-state index in [1.165, 1.54) is 0 Å². The van der Waals surface area contributed by atoms with Gasteiger partial charge in [0.2, 0.25) is 0 Å². The molecule has 0 unspecified atom stereocenters. The van der Waals surface area contributed by atoms with E-state index < -0.39 is 11.5 Å². The molecule has 6 nitrogen and oxygen atoms in total. The van der Waals surface area contributed by atoms with Crippen molar-refractivity contribution in [3.8, 4) is 11.4 Å². The third kappa shape index (κ3) is 2.90. The maximum Gasteiger partial charge on any atom is 0.343 e. The number of aromatic carboxylic acids is 1. The summed E-state index contributed by atoms with van der Waals surface area (Å²) < 4.78 is 0. The molecule has 0 amide bonds. The fourth-order valence-electron chi connectivity index (χ4n) is 1.91. The van der Waals surface area contributed by atoms with E-state index in [-0.39, 0.29) is 5.56 Å². The van der Waals surface area contributed by atoms with Gasteiger partial charge in [-0.2, -0.15) is 0 Å². The van der Waals surface area contributed by atoms with E-state index >= 15 is 0 Å². The van der Waals surface area contributed by atoms with Crippen molar-refractivity contribution in [3.63, 3.8) is 0 Å². The summed E-state index contributed by atoms with van der Waals surface area (Å²) in [5.74, 6) is -0.901. The lowest BCUT2D eigenvalue weighted by Gasteiger charge is -2.07. The number of aromatic nitrogens is 3. The molecule has 2 N–H and O–H groups in total. The fraction of sp³-hybridized carbons (Fsp3) is 0.286. The first-order valence-corrected chi connectivity index (χ1v) is 6.40. The average molecular weight is 273 g/mol. The van der Waals surface area contributed by atoms with E-state index in [1.807, 2.05) is 6.92 Å². The molecule has 20 heavy (non-hydrogen) atoms. The molecule has 0 aromatic carbocycles. The number of carboxylic acids is 1. The number of H-pyrrole nitrogens is 1. The summed E-state index contributed by atoms with van der Waals surface area (Å²) in [5.41, 5.74) is 0.0739. The van der Waals surface area contributed by atoms with Crippen LogP contribution in [0, 0.1) is 0 Å². The van der Waals surface area contributed by atoms with Crippen molar-refractivity contribution in [3.05, 3.63) is 46.1 Å². The van der Waals surface area contributed by atoms with E-state index in [0.29, 0.717) is 23.5 Å². The molecule has 0 fully saturated rings. The Bertz CT molecular complexity index is 665. The van der Waals surface area contributed by atoms with E-state index in [0.717, 1.165) is 12.8 Å². The molecule has 2 aromatic heterocycles. The normalized spacial score (nSPS) is 10.4.